The number of hydrogen-bond donors (Lipinski definition) is 0. The van der Waals surface area contributed by atoms with E-state index in [1.165, 1.54) is 19.9 Å². The van der Waals surface area contributed by atoms with Crippen LogP contribution in [0.5, 0.6) is 0 Å². The Balaban J connectivity index is 1.84. The van der Waals surface area contributed by atoms with Gasteiger partial charge in [-0.05, 0) is 32.4 Å². The number of amides is 2. The topological polar surface area (TPSA) is 96.7 Å². The van der Waals surface area contributed by atoms with Crippen molar-refractivity contribution < 1.29 is 41.4 Å². The van der Waals surface area contributed by atoms with Crippen LogP contribution in [0.2, 0.25) is 0 Å². The average molecular weight is 440 g/mol. The molecule has 2 bridgehead atoms. The van der Waals surface area contributed by atoms with E-state index >= 15 is 0 Å². The minimum atomic E-state index is -5.22. The fourth-order valence-electron chi connectivity index (χ4n) is 5.36. The summed E-state index contributed by atoms with van der Waals surface area (Å²) in [6.07, 6.45) is -5.16. The third-order valence-electron chi connectivity index (χ3n) is 6.59. The van der Waals surface area contributed by atoms with E-state index in [-0.39, 0.29) is 6.42 Å². The van der Waals surface area contributed by atoms with Crippen LogP contribution in [-0.4, -0.2) is 36.1 Å². The van der Waals surface area contributed by atoms with Gasteiger partial charge in [0, 0.05) is 0 Å². The SMILES string of the molecule is COC(=O)[C@H]1C[C@]2(C)O[C@@]1(C)[C@H]1C(=O)N(c3ccc(C#N)c(C(F)(F)F)c3F)C(=O)[C@H]12. The van der Waals surface area contributed by atoms with Crippen molar-refractivity contribution in [1.82, 2.24) is 0 Å². The van der Waals surface area contributed by atoms with Gasteiger partial charge in [-0.15, -0.1) is 0 Å². The molecule has 0 aliphatic carbocycles. The Morgan fingerprint density at radius 1 is 1.26 bits per heavy atom. The standard InChI is InChI=1S/C20H16F4N2O5/c1-18-6-9(17(29)30-3)19(2,31-18)13-12(18)15(27)26(16(13)28)10-5-4-8(7-25)11(14(10)21)20(22,23)24/h4-5,9,12-13H,6H2,1-3H3/t9-,12+,13-,18+,19-/m1/s1. The first-order valence-electron chi connectivity index (χ1n) is 9.27. The van der Waals surface area contributed by atoms with Crippen LogP contribution >= 0.6 is 0 Å². The van der Waals surface area contributed by atoms with Crippen molar-refractivity contribution in [2.75, 3.05) is 12.0 Å². The number of halogens is 4. The Kier molecular flexibility index (Phi) is 4.29. The van der Waals surface area contributed by atoms with Crippen LogP contribution in [-0.2, 0) is 30.0 Å². The maximum atomic E-state index is 14.9. The summed E-state index contributed by atoms with van der Waals surface area (Å²) in [7, 11) is 1.16. The lowest BCUT2D eigenvalue weighted by molar-refractivity contribution is -0.154. The van der Waals surface area contributed by atoms with E-state index in [1.807, 2.05) is 0 Å². The minimum Gasteiger partial charge on any atom is -0.469 e. The number of imide groups is 1. The summed E-state index contributed by atoms with van der Waals surface area (Å²) in [5, 5.41) is 8.92. The van der Waals surface area contributed by atoms with Crippen LogP contribution in [0.15, 0.2) is 12.1 Å². The highest BCUT2D eigenvalue weighted by Gasteiger charge is 2.77. The Bertz CT molecular complexity index is 1080. The molecule has 0 N–H and O–H groups in total. The summed E-state index contributed by atoms with van der Waals surface area (Å²) < 4.78 is 65.8. The number of nitriles is 1. The van der Waals surface area contributed by atoms with E-state index in [0.29, 0.717) is 11.0 Å². The zero-order valence-corrected chi connectivity index (χ0v) is 16.5. The van der Waals surface area contributed by atoms with Gasteiger partial charge < -0.3 is 9.47 Å². The molecule has 4 rings (SSSR count). The zero-order valence-electron chi connectivity index (χ0n) is 16.5. The first-order chi connectivity index (χ1) is 14.3. The number of anilines is 1. The molecule has 164 valence electrons. The van der Waals surface area contributed by atoms with E-state index in [0.717, 1.165) is 13.2 Å². The lowest BCUT2D eigenvalue weighted by Gasteiger charge is -2.33. The summed E-state index contributed by atoms with van der Waals surface area (Å²) in [4.78, 5) is 39.0. The summed E-state index contributed by atoms with van der Waals surface area (Å²) in [5.41, 5.74) is -6.41. The molecule has 0 spiro atoms. The molecule has 31 heavy (non-hydrogen) atoms. The molecule has 3 heterocycles. The second-order valence-corrected chi connectivity index (χ2v) is 8.28. The van der Waals surface area contributed by atoms with Crippen LogP contribution in [0.25, 0.3) is 0 Å². The van der Waals surface area contributed by atoms with Gasteiger partial charge in [0.2, 0.25) is 11.8 Å². The number of esters is 1. The molecule has 1 aromatic rings. The van der Waals surface area contributed by atoms with Crippen molar-refractivity contribution in [3.63, 3.8) is 0 Å². The number of methoxy groups -OCH3 is 1. The number of alkyl halides is 3. The van der Waals surface area contributed by atoms with Crippen LogP contribution < -0.4 is 4.90 Å². The summed E-state index contributed by atoms with van der Waals surface area (Å²) in [6.45, 7) is 3.00. The van der Waals surface area contributed by atoms with Crippen molar-refractivity contribution in [2.45, 2.75) is 37.6 Å². The molecule has 7 nitrogen and oxygen atoms in total. The molecule has 3 aliphatic rings. The number of ether oxygens (including phenoxy) is 2. The summed E-state index contributed by atoms with van der Waals surface area (Å²) in [5.74, 6) is -7.60. The Hall–Kier alpha value is -3.00. The van der Waals surface area contributed by atoms with E-state index in [9.17, 15) is 31.9 Å². The fraction of sp³-hybridized carbons (Fsp3) is 0.500. The van der Waals surface area contributed by atoms with Gasteiger partial charge in [-0.1, -0.05) is 0 Å². The number of rotatable bonds is 2. The molecule has 11 heteroatoms. The molecular weight excluding hydrogens is 424 g/mol. The fourth-order valence-corrected chi connectivity index (χ4v) is 5.36. The number of benzene rings is 1. The molecule has 3 aliphatic heterocycles. The van der Waals surface area contributed by atoms with Crippen molar-refractivity contribution >= 4 is 23.5 Å². The van der Waals surface area contributed by atoms with Crippen molar-refractivity contribution in [1.29, 1.82) is 5.26 Å². The van der Waals surface area contributed by atoms with Crippen molar-refractivity contribution in [3.8, 4) is 6.07 Å². The molecular formula is C20H16F4N2O5. The molecule has 3 fully saturated rings. The number of carbonyl (C=O) groups is 3. The summed E-state index contributed by atoms with van der Waals surface area (Å²) in [6, 6.07) is 2.77. The number of fused-ring (bicyclic) bond motifs is 5. The molecule has 3 saturated heterocycles. The van der Waals surface area contributed by atoms with Crippen molar-refractivity contribution in [2.24, 2.45) is 17.8 Å². The first-order valence-corrected chi connectivity index (χ1v) is 9.27. The number of nitrogens with zero attached hydrogens (tertiary/aromatic N) is 2. The lowest BCUT2D eigenvalue weighted by Crippen LogP contribution is -2.49. The maximum absolute atomic E-state index is 14.9. The highest BCUT2D eigenvalue weighted by Crippen LogP contribution is 2.63. The molecule has 0 saturated carbocycles. The maximum Gasteiger partial charge on any atom is 0.420 e. The van der Waals surface area contributed by atoms with Gasteiger partial charge in [0.25, 0.3) is 0 Å². The summed E-state index contributed by atoms with van der Waals surface area (Å²) >= 11 is 0. The highest BCUT2D eigenvalue weighted by molar-refractivity contribution is 6.23. The molecule has 1 aromatic carbocycles. The monoisotopic (exact) mass is 440 g/mol. The predicted molar refractivity (Wildman–Crippen MR) is 93.6 cm³/mol. The van der Waals surface area contributed by atoms with Gasteiger partial charge in [0.15, 0.2) is 5.82 Å². The van der Waals surface area contributed by atoms with Gasteiger partial charge in [-0.3, -0.25) is 14.4 Å². The Morgan fingerprint density at radius 2 is 1.87 bits per heavy atom. The van der Waals surface area contributed by atoms with E-state index in [4.69, 9.17) is 14.7 Å². The Labute approximate surface area is 173 Å². The highest BCUT2D eigenvalue weighted by atomic mass is 19.4. The Morgan fingerprint density at radius 3 is 2.42 bits per heavy atom. The largest absolute Gasteiger partial charge is 0.469 e. The van der Waals surface area contributed by atoms with Crippen LogP contribution in [0.1, 0.15) is 31.4 Å². The molecule has 5 atom stereocenters. The third-order valence-corrected chi connectivity index (χ3v) is 6.59. The second-order valence-electron chi connectivity index (χ2n) is 8.28. The van der Waals surface area contributed by atoms with E-state index < -0.39 is 75.5 Å². The van der Waals surface area contributed by atoms with Crippen LogP contribution in [0.3, 0.4) is 0 Å². The minimum absolute atomic E-state index is 0.0633. The van der Waals surface area contributed by atoms with E-state index in [2.05, 4.69) is 0 Å². The van der Waals surface area contributed by atoms with Gasteiger partial charge in [-0.25, -0.2) is 9.29 Å². The first kappa shape index (κ1) is 21.2. The normalized spacial score (nSPS) is 34.1. The zero-order chi connectivity index (χ0) is 23.1. The average Bonchev–Trinajstić information content (AvgIpc) is 3.21. The number of carbonyl (C=O) groups excluding carboxylic acids is 3. The van der Waals surface area contributed by atoms with Gasteiger partial charge in [-0.2, -0.15) is 18.4 Å². The van der Waals surface area contributed by atoms with Crippen molar-refractivity contribution in [3.05, 3.63) is 29.1 Å². The lowest BCUT2D eigenvalue weighted by atomic mass is 9.64. The molecule has 0 radical (unpaired) electrons. The van der Waals surface area contributed by atoms with Gasteiger partial charge in [0.1, 0.15) is 5.56 Å². The quantitative estimate of drug-likeness (QED) is 0.399. The smallest absolute Gasteiger partial charge is 0.420 e. The van der Waals surface area contributed by atoms with Crippen LogP contribution in [0, 0.1) is 34.9 Å². The predicted octanol–water partition coefficient (Wildman–Crippen LogP) is 2.56. The second kappa shape index (κ2) is 6.26. The van der Waals surface area contributed by atoms with E-state index in [1.54, 1.807) is 0 Å². The molecule has 0 aromatic heterocycles. The van der Waals surface area contributed by atoms with Crippen LogP contribution in [0.4, 0.5) is 23.2 Å². The third kappa shape index (κ3) is 2.57. The number of hydrogen-bond acceptors (Lipinski definition) is 6. The van der Waals surface area contributed by atoms with Gasteiger partial charge >= 0.3 is 12.1 Å². The molecule has 0 unspecified atom stereocenters. The van der Waals surface area contributed by atoms with Gasteiger partial charge in [0.05, 0.1) is 53.4 Å². The molecule has 2 amide bonds.